The van der Waals surface area contributed by atoms with Gasteiger partial charge in [0.1, 0.15) is 5.60 Å². The fourth-order valence-electron chi connectivity index (χ4n) is 2.00. The van der Waals surface area contributed by atoms with Crippen molar-refractivity contribution in [2.75, 3.05) is 47.5 Å². The zero-order valence-electron chi connectivity index (χ0n) is 11.6. The number of rotatable bonds is 7. The molecule has 0 radical (unpaired) electrons. The zero-order chi connectivity index (χ0) is 13.4. The number of methoxy groups -OCH3 is 1. The fraction of sp³-hybridized carbons (Fsp3) is 0.769. The average molecular weight is 256 g/mol. The highest BCUT2D eigenvalue weighted by Crippen LogP contribution is 2.25. The van der Waals surface area contributed by atoms with Crippen LogP contribution in [0.3, 0.4) is 0 Å². The largest absolute Gasteiger partial charge is 0.382 e. The first-order valence-corrected chi connectivity index (χ1v) is 6.30. The third-order valence-corrected chi connectivity index (χ3v) is 2.92. The first-order valence-electron chi connectivity index (χ1n) is 6.30. The van der Waals surface area contributed by atoms with Crippen LogP contribution in [0, 0.1) is 0 Å². The van der Waals surface area contributed by atoms with Gasteiger partial charge in [0.2, 0.25) is 5.91 Å². The minimum Gasteiger partial charge on any atom is -0.382 e. The quantitative estimate of drug-likeness (QED) is 0.671. The number of nitrogens with zero attached hydrogens (tertiary/aromatic N) is 1. The minimum absolute atomic E-state index is 0.0807. The molecule has 0 aromatic rings. The summed E-state index contributed by atoms with van der Waals surface area (Å²) in [5.74, 6) is -0.0807. The molecular weight excluding hydrogens is 232 g/mol. The smallest absolute Gasteiger partial charge is 0.243 e. The summed E-state index contributed by atoms with van der Waals surface area (Å²) in [5.41, 5.74) is -0.334. The van der Waals surface area contributed by atoms with Crippen LogP contribution in [0.15, 0.2) is 12.2 Å². The Balaban J connectivity index is 2.33. The third-order valence-electron chi connectivity index (χ3n) is 2.92. The van der Waals surface area contributed by atoms with Gasteiger partial charge in [-0.15, -0.1) is 0 Å². The van der Waals surface area contributed by atoms with Gasteiger partial charge in [-0.25, -0.2) is 0 Å². The van der Waals surface area contributed by atoms with E-state index < -0.39 is 0 Å². The van der Waals surface area contributed by atoms with Crippen molar-refractivity contribution in [2.24, 2.45) is 0 Å². The Labute approximate surface area is 109 Å². The van der Waals surface area contributed by atoms with E-state index in [1.165, 1.54) is 0 Å². The maximum atomic E-state index is 11.6. The lowest BCUT2D eigenvalue weighted by Gasteiger charge is -2.27. The fourth-order valence-corrected chi connectivity index (χ4v) is 2.00. The Bertz CT molecular complexity index is 284. The third kappa shape index (κ3) is 5.16. The molecule has 1 atom stereocenters. The minimum atomic E-state index is -0.334. The standard InChI is InChI=1S/C13H24N2O3/c1-15(2)8-4-6-12(16)14-10-13(11-17-3)7-5-9-18-13/h4,6H,5,7-11H2,1-3H3,(H,14,16)/b6-4+. The highest BCUT2D eigenvalue weighted by atomic mass is 16.5. The van der Waals surface area contributed by atoms with Crippen molar-refractivity contribution in [1.29, 1.82) is 0 Å². The number of nitrogens with one attached hydrogen (secondary N) is 1. The Hall–Kier alpha value is -0.910. The molecule has 1 aliphatic rings. The van der Waals surface area contributed by atoms with Gasteiger partial charge in [0.25, 0.3) is 0 Å². The van der Waals surface area contributed by atoms with Gasteiger partial charge < -0.3 is 19.7 Å². The Morgan fingerprint density at radius 1 is 1.56 bits per heavy atom. The highest BCUT2D eigenvalue weighted by molar-refractivity contribution is 5.87. The number of amides is 1. The molecule has 5 nitrogen and oxygen atoms in total. The second-order valence-electron chi connectivity index (χ2n) is 4.95. The Kier molecular flexibility index (Phi) is 6.32. The second-order valence-corrected chi connectivity index (χ2v) is 4.95. The lowest BCUT2D eigenvalue weighted by Crippen LogP contribution is -2.45. The number of hydrogen-bond donors (Lipinski definition) is 1. The first kappa shape index (κ1) is 15.1. The van der Waals surface area contributed by atoms with E-state index in [1.54, 1.807) is 13.2 Å². The molecule has 0 saturated carbocycles. The number of likely N-dealkylation sites (N-methyl/N-ethyl adjacent to an activating group) is 1. The van der Waals surface area contributed by atoms with Crippen LogP contribution in [0.2, 0.25) is 0 Å². The van der Waals surface area contributed by atoms with Gasteiger partial charge >= 0.3 is 0 Å². The maximum absolute atomic E-state index is 11.6. The predicted octanol–water partition coefficient (Wildman–Crippen LogP) is 0.416. The maximum Gasteiger partial charge on any atom is 0.243 e. The van der Waals surface area contributed by atoms with E-state index in [0.29, 0.717) is 13.2 Å². The van der Waals surface area contributed by atoms with Crippen molar-refractivity contribution in [3.8, 4) is 0 Å². The molecule has 0 bridgehead atoms. The summed E-state index contributed by atoms with van der Waals surface area (Å²) in [7, 11) is 5.58. The van der Waals surface area contributed by atoms with Gasteiger partial charge in [-0.1, -0.05) is 6.08 Å². The summed E-state index contributed by atoms with van der Waals surface area (Å²) in [5, 5.41) is 2.87. The zero-order valence-corrected chi connectivity index (χ0v) is 11.6. The second kappa shape index (κ2) is 7.51. The van der Waals surface area contributed by atoms with Gasteiger partial charge in [-0.2, -0.15) is 0 Å². The molecule has 0 aliphatic carbocycles. The molecule has 1 heterocycles. The number of carbonyl (C=O) groups is 1. The molecule has 1 amide bonds. The number of ether oxygens (including phenoxy) is 2. The lowest BCUT2D eigenvalue weighted by molar-refractivity contribution is -0.118. The molecule has 0 aromatic carbocycles. The Morgan fingerprint density at radius 3 is 2.89 bits per heavy atom. The van der Waals surface area contributed by atoms with Gasteiger partial charge in [-0.05, 0) is 26.9 Å². The summed E-state index contributed by atoms with van der Waals surface area (Å²) >= 11 is 0. The van der Waals surface area contributed by atoms with Crippen molar-refractivity contribution in [2.45, 2.75) is 18.4 Å². The summed E-state index contributed by atoms with van der Waals surface area (Å²) < 4.78 is 10.9. The van der Waals surface area contributed by atoms with E-state index in [1.807, 2.05) is 25.1 Å². The van der Waals surface area contributed by atoms with E-state index in [-0.39, 0.29) is 11.5 Å². The van der Waals surface area contributed by atoms with Gasteiger partial charge in [0, 0.05) is 32.9 Å². The molecule has 104 valence electrons. The van der Waals surface area contributed by atoms with E-state index >= 15 is 0 Å². The summed E-state index contributed by atoms with van der Waals surface area (Å²) in [6.45, 7) is 2.53. The molecule has 1 unspecified atom stereocenters. The number of hydrogen-bond acceptors (Lipinski definition) is 4. The molecule has 5 heteroatoms. The van der Waals surface area contributed by atoms with Gasteiger partial charge in [-0.3, -0.25) is 4.79 Å². The normalized spacial score (nSPS) is 24.0. The molecule has 1 saturated heterocycles. The van der Waals surface area contributed by atoms with Crippen molar-refractivity contribution < 1.29 is 14.3 Å². The average Bonchev–Trinajstić information content (AvgIpc) is 2.76. The van der Waals surface area contributed by atoms with Crippen molar-refractivity contribution in [3.05, 3.63) is 12.2 Å². The van der Waals surface area contributed by atoms with E-state index in [2.05, 4.69) is 5.32 Å². The van der Waals surface area contributed by atoms with Gasteiger partial charge in [0.15, 0.2) is 0 Å². The van der Waals surface area contributed by atoms with E-state index in [9.17, 15) is 4.79 Å². The topological polar surface area (TPSA) is 50.8 Å². The van der Waals surface area contributed by atoms with Crippen LogP contribution in [-0.2, 0) is 14.3 Å². The van der Waals surface area contributed by atoms with Crippen LogP contribution in [0.5, 0.6) is 0 Å². The summed E-state index contributed by atoms with van der Waals surface area (Å²) in [4.78, 5) is 13.6. The van der Waals surface area contributed by atoms with Crippen LogP contribution < -0.4 is 5.32 Å². The first-order chi connectivity index (χ1) is 8.58. The lowest BCUT2D eigenvalue weighted by atomic mass is 10.0. The van der Waals surface area contributed by atoms with E-state index in [4.69, 9.17) is 9.47 Å². The molecule has 1 aliphatic heterocycles. The van der Waals surface area contributed by atoms with Crippen molar-refractivity contribution >= 4 is 5.91 Å². The summed E-state index contributed by atoms with van der Waals surface area (Å²) in [6.07, 6.45) is 5.36. The van der Waals surface area contributed by atoms with Crippen molar-refractivity contribution in [1.82, 2.24) is 10.2 Å². The highest BCUT2D eigenvalue weighted by Gasteiger charge is 2.35. The molecule has 0 spiro atoms. The van der Waals surface area contributed by atoms with Crippen molar-refractivity contribution in [3.63, 3.8) is 0 Å². The molecular formula is C13H24N2O3. The SMILES string of the molecule is COCC1(CNC(=O)/C=C/CN(C)C)CCCO1. The van der Waals surface area contributed by atoms with E-state index in [0.717, 1.165) is 26.0 Å². The summed E-state index contributed by atoms with van der Waals surface area (Å²) in [6, 6.07) is 0. The van der Waals surface area contributed by atoms with Crippen LogP contribution >= 0.6 is 0 Å². The van der Waals surface area contributed by atoms with Crippen LogP contribution in [0.25, 0.3) is 0 Å². The van der Waals surface area contributed by atoms with Crippen LogP contribution in [0.4, 0.5) is 0 Å². The van der Waals surface area contributed by atoms with Gasteiger partial charge in [0.05, 0.1) is 6.61 Å². The predicted molar refractivity (Wildman–Crippen MR) is 70.5 cm³/mol. The molecule has 1 rings (SSSR count). The van der Waals surface area contributed by atoms with Crippen LogP contribution in [-0.4, -0.2) is 63.9 Å². The molecule has 1 N–H and O–H groups in total. The number of carbonyl (C=O) groups excluding carboxylic acids is 1. The molecule has 0 aromatic heterocycles. The van der Waals surface area contributed by atoms with Crippen LogP contribution in [0.1, 0.15) is 12.8 Å². The molecule has 18 heavy (non-hydrogen) atoms. The molecule has 1 fully saturated rings. The Morgan fingerprint density at radius 2 is 2.33 bits per heavy atom. The monoisotopic (exact) mass is 256 g/mol.